The number of rotatable bonds is 2. The van der Waals surface area contributed by atoms with Crippen LogP contribution in [0.3, 0.4) is 0 Å². The summed E-state index contributed by atoms with van der Waals surface area (Å²) in [6, 6.07) is 0. The molecule has 0 saturated carbocycles. The Kier molecular flexibility index (Phi) is 3.36. The zero-order chi connectivity index (χ0) is 12.7. The lowest BCUT2D eigenvalue weighted by Crippen LogP contribution is -2.26. The number of benzene rings is 1. The third-order valence-corrected chi connectivity index (χ3v) is 3.04. The molecule has 0 N–H and O–H groups in total. The van der Waals surface area contributed by atoms with E-state index in [9.17, 15) is 17.6 Å². The summed E-state index contributed by atoms with van der Waals surface area (Å²) in [4.78, 5) is 0. The smallest absolute Gasteiger partial charge is 0.165 e. The highest BCUT2D eigenvalue weighted by atomic mass is 19.2. The fourth-order valence-corrected chi connectivity index (χ4v) is 1.51. The summed E-state index contributed by atoms with van der Waals surface area (Å²) in [7, 11) is 1.54. The SMILES string of the molecule is BC(C)(CC)c1c(F)c(F)c(C)c(F)c1F. The van der Waals surface area contributed by atoms with Crippen LogP contribution in [-0.2, 0) is 5.31 Å². The van der Waals surface area contributed by atoms with Crippen LogP contribution in [0, 0.1) is 30.2 Å². The maximum atomic E-state index is 13.6. The highest BCUT2D eigenvalue weighted by molar-refractivity contribution is 6.15. The zero-order valence-corrected chi connectivity index (χ0v) is 9.72. The summed E-state index contributed by atoms with van der Waals surface area (Å²) in [6.07, 6.45) is 0.378. The van der Waals surface area contributed by atoms with Gasteiger partial charge in [-0.05, 0) is 12.2 Å². The standard InChI is InChI=1S/C11H13BF4/c1-4-11(3,12)6-9(15)7(13)5(2)8(14)10(6)16/h4,12H2,1-3H3. The fraction of sp³-hybridized carbons (Fsp3) is 0.455. The molecular weight excluding hydrogens is 219 g/mol. The molecule has 0 spiro atoms. The Morgan fingerprint density at radius 2 is 1.38 bits per heavy atom. The van der Waals surface area contributed by atoms with E-state index in [-0.39, 0.29) is 0 Å². The van der Waals surface area contributed by atoms with Crippen molar-refractivity contribution in [2.75, 3.05) is 0 Å². The van der Waals surface area contributed by atoms with Gasteiger partial charge in [0.2, 0.25) is 0 Å². The molecule has 1 aromatic rings. The zero-order valence-electron chi connectivity index (χ0n) is 9.72. The van der Waals surface area contributed by atoms with Crippen LogP contribution in [0.25, 0.3) is 0 Å². The molecule has 0 fully saturated rings. The molecule has 1 rings (SSSR count). The normalized spacial score (nSPS) is 14.9. The van der Waals surface area contributed by atoms with Crippen molar-refractivity contribution >= 4 is 7.85 Å². The Bertz CT molecular complexity index is 397. The molecule has 0 amide bonds. The average Bonchev–Trinajstić information content (AvgIpc) is 2.23. The summed E-state index contributed by atoms with van der Waals surface area (Å²) in [6.45, 7) is 4.26. The number of hydrogen-bond donors (Lipinski definition) is 0. The highest BCUT2D eigenvalue weighted by Crippen LogP contribution is 2.33. The first-order chi connectivity index (χ1) is 7.24. The monoisotopic (exact) mass is 232 g/mol. The molecule has 88 valence electrons. The summed E-state index contributed by atoms with van der Waals surface area (Å²) < 4.78 is 53.8. The van der Waals surface area contributed by atoms with Crippen molar-refractivity contribution in [3.05, 3.63) is 34.4 Å². The van der Waals surface area contributed by atoms with Gasteiger partial charge in [0, 0.05) is 11.1 Å². The maximum Gasteiger partial charge on any atom is 0.165 e. The fourth-order valence-electron chi connectivity index (χ4n) is 1.51. The quantitative estimate of drug-likeness (QED) is 0.417. The van der Waals surface area contributed by atoms with Gasteiger partial charge in [-0.25, -0.2) is 17.6 Å². The lowest BCUT2D eigenvalue weighted by atomic mass is 9.63. The average molecular weight is 232 g/mol. The van der Waals surface area contributed by atoms with Crippen molar-refractivity contribution in [3.8, 4) is 0 Å². The van der Waals surface area contributed by atoms with Crippen LogP contribution in [0.4, 0.5) is 17.6 Å². The van der Waals surface area contributed by atoms with E-state index in [1.54, 1.807) is 21.7 Å². The van der Waals surface area contributed by atoms with E-state index in [4.69, 9.17) is 0 Å². The predicted molar refractivity (Wildman–Crippen MR) is 57.2 cm³/mol. The van der Waals surface area contributed by atoms with Gasteiger partial charge < -0.3 is 0 Å². The van der Waals surface area contributed by atoms with Crippen LogP contribution in [-0.4, -0.2) is 7.85 Å². The highest BCUT2D eigenvalue weighted by Gasteiger charge is 2.32. The second-order valence-corrected chi connectivity index (χ2v) is 4.49. The number of hydrogen-bond acceptors (Lipinski definition) is 0. The van der Waals surface area contributed by atoms with Crippen LogP contribution >= 0.6 is 0 Å². The van der Waals surface area contributed by atoms with Gasteiger partial charge in [-0.3, -0.25) is 0 Å². The van der Waals surface area contributed by atoms with Crippen molar-refractivity contribution in [2.24, 2.45) is 0 Å². The van der Waals surface area contributed by atoms with Crippen LogP contribution in [0.1, 0.15) is 31.4 Å². The first-order valence-corrected chi connectivity index (χ1v) is 5.07. The van der Waals surface area contributed by atoms with Crippen LogP contribution in [0.2, 0.25) is 0 Å². The van der Waals surface area contributed by atoms with Gasteiger partial charge in [-0.15, -0.1) is 0 Å². The summed E-state index contributed by atoms with van der Waals surface area (Å²) in [5, 5.41) is -0.941. The minimum atomic E-state index is -1.31. The van der Waals surface area contributed by atoms with Crippen molar-refractivity contribution in [1.29, 1.82) is 0 Å². The number of halogens is 4. The van der Waals surface area contributed by atoms with E-state index in [0.717, 1.165) is 6.92 Å². The summed E-state index contributed by atoms with van der Waals surface area (Å²) in [5.74, 6) is -5.20. The molecule has 16 heavy (non-hydrogen) atoms. The van der Waals surface area contributed by atoms with E-state index in [0.29, 0.717) is 6.42 Å². The maximum absolute atomic E-state index is 13.6. The Labute approximate surface area is 93.1 Å². The van der Waals surface area contributed by atoms with E-state index >= 15 is 0 Å². The largest absolute Gasteiger partial charge is 0.203 e. The third-order valence-electron chi connectivity index (χ3n) is 3.04. The van der Waals surface area contributed by atoms with Gasteiger partial charge >= 0.3 is 0 Å². The molecule has 0 bridgehead atoms. The van der Waals surface area contributed by atoms with E-state index in [1.165, 1.54) is 0 Å². The first-order valence-electron chi connectivity index (χ1n) is 5.07. The van der Waals surface area contributed by atoms with Gasteiger partial charge in [0.05, 0.1) is 0 Å². The van der Waals surface area contributed by atoms with E-state index in [1.807, 2.05) is 0 Å². The third kappa shape index (κ3) is 1.83. The second-order valence-electron chi connectivity index (χ2n) is 4.49. The Morgan fingerprint density at radius 1 is 1.00 bits per heavy atom. The minimum Gasteiger partial charge on any atom is -0.203 e. The molecule has 0 saturated heterocycles. The summed E-state index contributed by atoms with van der Waals surface area (Å²) in [5.41, 5.74) is -1.14. The molecule has 1 unspecified atom stereocenters. The first kappa shape index (κ1) is 13.1. The molecule has 0 aliphatic rings. The van der Waals surface area contributed by atoms with Crippen LogP contribution in [0.15, 0.2) is 0 Å². The van der Waals surface area contributed by atoms with Gasteiger partial charge in [0.15, 0.2) is 23.3 Å². The molecule has 0 aliphatic carbocycles. The molecule has 5 heteroatoms. The Hall–Kier alpha value is -0.995. The molecule has 1 aromatic carbocycles. The lowest BCUT2D eigenvalue weighted by molar-refractivity contribution is 0.411. The molecule has 0 aromatic heterocycles. The van der Waals surface area contributed by atoms with Crippen molar-refractivity contribution in [3.63, 3.8) is 0 Å². The molecule has 0 heterocycles. The van der Waals surface area contributed by atoms with Crippen LogP contribution < -0.4 is 0 Å². The summed E-state index contributed by atoms with van der Waals surface area (Å²) >= 11 is 0. The van der Waals surface area contributed by atoms with E-state index < -0.39 is 39.7 Å². The topological polar surface area (TPSA) is 0 Å². The minimum absolute atomic E-state index is 0.378. The van der Waals surface area contributed by atoms with Gasteiger partial charge in [0.25, 0.3) is 0 Å². The second kappa shape index (κ2) is 4.11. The Morgan fingerprint density at radius 3 is 1.69 bits per heavy atom. The van der Waals surface area contributed by atoms with Crippen LogP contribution in [0.5, 0.6) is 0 Å². The molecule has 0 nitrogen and oxygen atoms in total. The van der Waals surface area contributed by atoms with Gasteiger partial charge in [-0.1, -0.05) is 20.3 Å². The van der Waals surface area contributed by atoms with Crippen molar-refractivity contribution in [1.82, 2.24) is 0 Å². The molecule has 0 radical (unpaired) electrons. The predicted octanol–water partition coefficient (Wildman–Crippen LogP) is 2.81. The van der Waals surface area contributed by atoms with Gasteiger partial charge in [-0.2, -0.15) is 0 Å². The molecule has 1 atom stereocenters. The Balaban J connectivity index is 3.65. The van der Waals surface area contributed by atoms with Crippen molar-refractivity contribution in [2.45, 2.75) is 32.5 Å². The van der Waals surface area contributed by atoms with E-state index in [2.05, 4.69) is 0 Å². The molecular formula is C11H13BF4. The van der Waals surface area contributed by atoms with Gasteiger partial charge in [0.1, 0.15) is 7.85 Å². The van der Waals surface area contributed by atoms with Crippen molar-refractivity contribution < 1.29 is 17.6 Å². The lowest BCUT2D eigenvalue weighted by Gasteiger charge is -2.25. The molecule has 0 aliphatic heterocycles.